The lowest BCUT2D eigenvalue weighted by Crippen LogP contribution is -2.43. The molecule has 0 atom stereocenters. The summed E-state index contributed by atoms with van der Waals surface area (Å²) in [6.07, 6.45) is 6.09. The van der Waals surface area contributed by atoms with E-state index in [1.165, 1.54) is 19.3 Å². The van der Waals surface area contributed by atoms with Crippen LogP contribution in [0.2, 0.25) is 0 Å². The van der Waals surface area contributed by atoms with Crippen LogP contribution in [0.4, 0.5) is 0 Å². The van der Waals surface area contributed by atoms with Gasteiger partial charge in [0.1, 0.15) is 5.75 Å². The molecule has 27 heavy (non-hydrogen) atoms. The summed E-state index contributed by atoms with van der Waals surface area (Å²) in [6, 6.07) is 8.01. The minimum atomic E-state index is 0.266. The van der Waals surface area contributed by atoms with Crippen molar-refractivity contribution in [1.82, 2.24) is 9.80 Å². The largest absolute Gasteiger partial charge is 0.497 e. The fourth-order valence-electron chi connectivity index (χ4n) is 3.41. The van der Waals surface area contributed by atoms with E-state index in [0.29, 0.717) is 6.42 Å². The molecule has 1 aromatic carbocycles. The molecule has 152 valence electrons. The van der Waals surface area contributed by atoms with Gasteiger partial charge in [0.2, 0.25) is 5.91 Å². The third-order valence-corrected chi connectivity index (χ3v) is 5.19. The van der Waals surface area contributed by atoms with Crippen LogP contribution in [0.15, 0.2) is 24.3 Å². The van der Waals surface area contributed by atoms with Gasteiger partial charge in [0, 0.05) is 39.1 Å². The standard InChI is InChI=1S/C22H36N2O3/c1-3-4-5-6-12-24(14-13-23-15-17-27-18-16-23)22(25)11-10-20-8-7-9-21(19-20)26-2/h7-9,19H,3-6,10-18H2,1-2H3. The van der Waals surface area contributed by atoms with Gasteiger partial charge in [0.15, 0.2) is 0 Å². The maximum Gasteiger partial charge on any atom is 0.222 e. The van der Waals surface area contributed by atoms with Crippen molar-refractivity contribution in [3.63, 3.8) is 0 Å². The monoisotopic (exact) mass is 376 g/mol. The third kappa shape index (κ3) is 8.31. The van der Waals surface area contributed by atoms with E-state index < -0.39 is 0 Å². The highest BCUT2D eigenvalue weighted by Crippen LogP contribution is 2.15. The average Bonchev–Trinajstić information content (AvgIpc) is 2.72. The summed E-state index contributed by atoms with van der Waals surface area (Å²) >= 11 is 0. The van der Waals surface area contributed by atoms with Gasteiger partial charge in [0.05, 0.1) is 20.3 Å². The van der Waals surface area contributed by atoms with Crippen molar-refractivity contribution in [2.75, 3.05) is 53.0 Å². The summed E-state index contributed by atoms with van der Waals surface area (Å²) in [5.41, 5.74) is 1.15. The topological polar surface area (TPSA) is 42.0 Å². The number of hydrogen-bond donors (Lipinski definition) is 0. The molecule has 0 bridgehead atoms. The summed E-state index contributed by atoms with van der Waals surface area (Å²) in [6.45, 7) is 8.42. The van der Waals surface area contributed by atoms with E-state index in [0.717, 1.165) is 70.1 Å². The Kier molecular flexibility index (Phi) is 10.2. The number of nitrogens with zero attached hydrogens (tertiary/aromatic N) is 2. The zero-order chi connectivity index (χ0) is 19.3. The highest BCUT2D eigenvalue weighted by molar-refractivity contribution is 5.76. The summed E-state index contributed by atoms with van der Waals surface area (Å²) in [5, 5.41) is 0. The lowest BCUT2D eigenvalue weighted by molar-refractivity contribution is -0.131. The zero-order valence-electron chi connectivity index (χ0n) is 17.1. The molecule has 0 N–H and O–H groups in total. The van der Waals surface area contributed by atoms with E-state index in [9.17, 15) is 4.79 Å². The number of amides is 1. The molecule has 0 unspecified atom stereocenters. The molecule has 1 fully saturated rings. The summed E-state index contributed by atoms with van der Waals surface area (Å²) in [5.74, 6) is 1.12. The molecule has 1 aliphatic rings. The van der Waals surface area contributed by atoms with Crippen LogP contribution < -0.4 is 4.74 Å². The van der Waals surface area contributed by atoms with Crippen LogP contribution in [0, 0.1) is 0 Å². The maximum absolute atomic E-state index is 12.9. The molecule has 1 aromatic rings. The van der Waals surface area contributed by atoms with Crippen molar-refractivity contribution in [2.24, 2.45) is 0 Å². The molecule has 0 saturated carbocycles. The van der Waals surface area contributed by atoms with E-state index in [1.54, 1.807) is 7.11 Å². The molecule has 1 heterocycles. The molecule has 1 saturated heterocycles. The van der Waals surface area contributed by atoms with E-state index in [2.05, 4.69) is 22.8 Å². The van der Waals surface area contributed by atoms with E-state index in [4.69, 9.17) is 9.47 Å². The molecule has 1 aliphatic heterocycles. The smallest absolute Gasteiger partial charge is 0.222 e. The Bertz CT molecular complexity index is 544. The lowest BCUT2D eigenvalue weighted by atomic mass is 10.1. The number of aryl methyl sites for hydroxylation is 1. The van der Waals surface area contributed by atoms with Crippen molar-refractivity contribution in [2.45, 2.75) is 45.4 Å². The van der Waals surface area contributed by atoms with Crippen molar-refractivity contribution in [3.05, 3.63) is 29.8 Å². The Morgan fingerprint density at radius 2 is 2.00 bits per heavy atom. The van der Waals surface area contributed by atoms with Gasteiger partial charge in [-0.2, -0.15) is 0 Å². The minimum absolute atomic E-state index is 0.266. The first-order chi connectivity index (χ1) is 13.2. The highest BCUT2D eigenvalue weighted by atomic mass is 16.5. The zero-order valence-corrected chi connectivity index (χ0v) is 17.1. The highest BCUT2D eigenvalue weighted by Gasteiger charge is 2.16. The predicted molar refractivity (Wildman–Crippen MR) is 109 cm³/mol. The first-order valence-electron chi connectivity index (χ1n) is 10.4. The van der Waals surface area contributed by atoms with Crippen LogP contribution in [0.3, 0.4) is 0 Å². The van der Waals surface area contributed by atoms with Crippen molar-refractivity contribution >= 4 is 5.91 Å². The molecule has 0 spiro atoms. The summed E-state index contributed by atoms with van der Waals surface area (Å²) < 4.78 is 10.7. The molecule has 5 nitrogen and oxygen atoms in total. The van der Waals surface area contributed by atoms with Crippen LogP contribution in [0.5, 0.6) is 5.75 Å². The van der Waals surface area contributed by atoms with Gasteiger partial charge in [-0.25, -0.2) is 0 Å². The van der Waals surface area contributed by atoms with Crippen molar-refractivity contribution < 1.29 is 14.3 Å². The second-order valence-corrected chi connectivity index (χ2v) is 7.25. The van der Waals surface area contributed by atoms with E-state index >= 15 is 0 Å². The average molecular weight is 377 g/mol. The number of unbranched alkanes of at least 4 members (excludes halogenated alkanes) is 3. The van der Waals surface area contributed by atoms with Crippen molar-refractivity contribution in [1.29, 1.82) is 0 Å². The Labute approximate surface area is 164 Å². The van der Waals surface area contributed by atoms with Gasteiger partial charge < -0.3 is 14.4 Å². The van der Waals surface area contributed by atoms with Crippen LogP contribution in [0.25, 0.3) is 0 Å². The predicted octanol–water partition coefficient (Wildman–Crippen LogP) is 3.37. The first kappa shape index (κ1) is 21.7. The third-order valence-electron chi connectivity index (χ3n) is 5.19. The van der Waals surface area contributed by atoms with Gasteiger partial charge in [-0.15, -0.1) is 0 Å². The van der Waals surface area contributed by atoms with E-state index in [1.807, 2.05) is 18.2 Å². The van der Waals surface area contributed by atoms with Gasteiger partial charge in [0.25, 0.3) is 0 Å². The molecule has 2 rings (SSSR count). The Balaban J connectivity index is 1.83. The quantitative estimate of drug-likeness (QED) is 0.525. The molecule has 5 heteroatoms. The Morgan fingerprint density at radius 1 is 1.19 bits per heavy atom. The molecular formula is C22H36N2O3. The Morgan fingerprint density at radius 3 is 2.74 bits per heavy atom. The molecule has 0 radical (unpaired) electrons. The maximum atomic E-state index is 12.9. The minimum Gasteiger partial charge on any atom is -0.497 e. The van der Waals surface area contributed by atoms with Crippen molar-refractivity contribution in [3.8, 4) is 5.75 Å². The number of methoxy groups -OCH3 is 1. The number of carbonyl (C=O) groups excluding carboxylic acids is 1. The summed E-state index contributed by atoms with van der Waals surface area (Å²) in [7, 11) is 1.67. The second kappa shape index (κ2) is 12.7. The number of ether oxygens (including phenoxy) is 2. The fraction of sp³-hybridized carbons (Fsp3) is 0.682. The first-order valence-corrected chi connectivity index (χ1v) is 10.4. The van der Waals surface area contributed by atoms with Crippen LogP contribution in [-0.2, 0) is 16.0 Å². The lowest BCUT2D eigenvalue weighted by Gasteiger charge is -2.30. The van der Waals surface area contributed by atoms with Crippen LogP contribution in [-0.4, -0.2) is 68.8 Å². The van der Waals surface area contributed by atoms with Gasteiger partial charge in [-0.3, -0.25) is 9.69 Å². The number of hydrogen-bond acceptors (Lipinski definition) is 4. The number of rotatable bonds is 12. The Hall–Kier alpha value is -1.59. The van der Waals surface area contributed by atoms with Crippen LogP contribution in [0.1, 0.15) is 44.6 Å². The number of carbonyl (C=O) groups is 1. The number of morpholine rings is 1. The molecule has 0 aromatic heterocycles. The number of benzene rings is 1. The SMILES string of the molecule is CCCCCCN(CCN1CCOCC1)C(=O)CCc1cccc(OC)c1. The van der Waals surface area contributed by atoms with Gasteiger partial charge in [-0.1, -0.05) is 38.3 Å². The van der Waals surface area contributed by atoms with Gasteiger partial charge in [-0.05, 0) is 30.5 Å². The second-order valence-electron chi connectivity index (χ2n) is 7.25. The van der Waals surface area contributed by atoms with E-state index in [-0.39, 0.29) is 5.91 Å². The molecular weight excluding hydrogens is 340 g/mol. The van der Waals surface area contributed by atoms with Crippen LogP contribution >= 0.6 is 0 Å². The fourth-order valence-corrected chi connectivity index (χ4v) is 3.41. The normalized spacial score (nSPS) is 14.9. The molecule has 0 aliphatic carbocycles. The van der Waals surface area contributed by atoms with Gasteiger partial charge >= 0.3 is 0 Å². The molecule has 1 amide bonds. The summed E-state index contributed by atoms with van der Waals surface area (Å²) in [4.78, 5) is 17.3.